The minimum Gasteiger partial charge on any atom is -0.469 e. The minimum atomic E-state index is 0.0895. The van der Waals surface area contributed by atoms with Crippen molar-refractivity contribution in [2.45, 2.75) is 44.8 Å². The van der Waals surface area contributed by atoms with Crippen molar-refractivity contribution < 1.29 is 9.15 Å². The lowest BCUT2D eigenvalue weighted by Gasteiger charge is -2.12. The molecular formula is C12H19NO2. The van der Waals surface area contributed by atoms with Crippen LogP contribution in [0.25, 0.3) is 0 Å². The van der Waals surface area contributed by atoms with E-state index in [4.69, 9.17) is 14.9 Å². The van der Waals surface area contributed by atoms with E-state index in [1.165, 1.54) is 12.8 Å². The van der Waals surface area contributed by atoms with Crippen molar-refractivity contribution in [1.82, 2.24) is 0 Å². The molecule has 0 aromatic carbocycles. The number of nitrogens with two attached hydrogens (primary N) is 1. The van der Waals surface area contributed by atoms with Crippen molar-refractivity contribution in [2.75, 3.05) is 6.61 Å². The molecule has 2 N–H and O–H groups in total. The summed E-state index contributed by atoms with van der Waals surface area (Å²) in [6, 6.07) is 2.10. The molecule has 0 radical (unpaired) electrons. The Morgan fingerprint density at radius 2 is 2.47 bits per heavy atom. The van der Waals surface area contributed by atoms with Gasteiger partial charge in [0.05, 0.1) is 12.4 Å². The van der Waals surface area contributed by atoms with E-state index in [1.54, 1.807) is 6.26 Å². The molecule has 0 amide bonds. The molecule has 3 nitrogen and oxygen atoms in total. The summed E-state index contributed by atoms with van der Waals surface area (Å²) in [5.74, 6) is 0.928. The van der Waals surface area contributed by atoms with Crippen molar-refractivity contribution in [2.24, 2.45) is 5.73 Å². The van der Waals surface area contributed by atoms with Crippen LogP contribution in [0.1, 0.15) is 43.0 Å². The van der Waals surface area contributed by atoms with Crippen molar-refractivity contribution in [3.63, 3.8) is 0 Å². The summed E-state index contributed by atoms with van der Waals surface area (Å²) < 4.78 is 10.8. The summed E-state index contributed by atoms with van der Waals surface area (Å²) in [4.78, 5) is 0. The number of hydrogen-bond donors (Lipinski definition) is 1. The Hall–Kier alpha value is -0.800. The summed E-state index contributed by atoms with van der Waals surface area (Å²) in [6.45, 7) is 2.86. The topological polar surface area (TPSA) is 48.4 Å². The van der Waals surface area contributed by atoms with E-state index in [2.05, 4.69) is 0 Å². The Morgan fingerprint density at radius 1 is 1.60 bits per heavy atom. The van der Waals surface area contributed by atoms with Gasteiger partial charge in [0.25, 0.3) is 0 Å². The number of furan rings is 1. The van der Waals surface area contributed by atoms with Gasteiger partial charge in [-0.3, -0.25) is 0 Å². The van der Waals surface area contributed by atoms with Gasteiger partial charge in [0.1, 0.15) is 5.76 Å². The van der Waals surface area contributed by atoms with Crippen LogP contribution in [0.5, 0.6) is 0 Å². The predicted octanol–water partition coefficient (Wildman–Crippen LogP) is 2.55. The summed E-state index contributed by atoms with van der Waals surface area (Å²) >= 11 is 0. The molecule has 2 unspecified atom stereocenters. The van der Waals surface area contributed by atoms with Gasteiger partial charge in [-0.05, 0) is 38.7 Å². The monoisotopic (exact) mass is 209 g/mol. The third kappa shape index (κ3) is 2.83. The van der Waals surface area contributed by atoms with Gasteiger partial charge in [0, 0.05) is 18.2 Å². The molecule has 1 aliphatic heterocycles. The highest BCUT2D eigenvalue weighted by atomic mass is 16.5. The first kappa shape index (κ1) is 10.7. The Bertz CT molecular complexity index is 302. The zero-order valence-electron chi connectivity index (χ0n) is 9.24. The Balaban J connectivity index is 1.79. The van der Waals surface area contributed by atoms with Gasteiger partial charge in [-0.1, -0.05) is 0 Å². The zero-order chi connectivity index (χ0) is 10.7. The minimum absolute atomic E-state index is 0.0895. The van der Waals surface area contributed by atoms with Crippen LogP contribution < -0.4 is 5.73 Å². The largest absolute Gasteiger partial charge is 0.469 e. The van der Waals surface area contributed by atoms with Gasteiger partial charge in [-0.25, -0.2) is 0 Å². The van der Waals surface area contributed by atoms with Crippen molar-refractivity contribution in [3.8, 4) is 0 Å². The van der Waals surface area contributed by atoms with E-state index < -0.39 is 0 Å². The number of rotatable bonds is 4. The molecule has 2 rings (SSSR count). The predicted molar refractivity (Wildman–Crippen MR) is 58.6 cm³/mol. The van der Waals surface area contributed by atoms with Crippen LogP contribution in [0.3, 0.4) is 0 Å². The Kier molecular flexibility index (Phi) is 3.44. The van der Waals surface area contributed by atoms with Crippen LogP contribution >= 0.6 is 0 Å². The summed E-state index contributed by atoms with van der Waals surface area (Å²) in [5.41, 5.74) is 7.17. The second kappa shape index (κ2) is 4.81. The fourth-order valence-electron chi connectivity index (χ4n) is 2.06. The molecule has 1 fully saturated rings. The Morgan fingerprint density at radius 3 is 3.07 bits per heavy atom. The van der Waals surface area contributed by atoms with Crippen molar-refractivity contribution in [1.29, 1.82) is 0 Å². The van der Waals surface area contributed by atoms with E-state index in [0.29, 0.717) is 6.10 Å². The van der Waals surface area contributed by atoms with Crippen LogP contribution in [0, 0.1) is 6.92 Å². The molecule has 0 saturated carbocycles. The van der Waals surface area contributed by atoms with Crippen LogP contribution in [0.4, 0.5) is 0 Å². The smallest absolute Gasteiger partial charge is 0.101 e. The highest BCUT2D eigenvalue weighted by Crippen LogP contribution is 2.23. The third-order valence-corrected chi connectivity index (χ3v) is 3.00. The number of hydrogen-bond acceptors (Lipinski definition) is 3. The fraction of sp³-hybridized carbons (Fsp3) is 0.667. The lowest BCUT2D eigenvalue weighted by molar-refractivity contribution is 0.101. The molecule has 0 aliphatic carbocycles. The van der Waals surface area contributed by atoms with E-state index in [1.807, 2.05) is 13.0 Å². The maximum Gasteiger partial charge on any atom is 0.101 e. The average molecular weight is 209 g/mol. The number of ether oxygens (including phenoxy) is 1. The second-order valence-corrected chi connectivity index (χ2v) is 4.31. The first-order valence-electron chi connectivity index (χ1n) is 5.68. The Labute approximate surface area is 90.6 Å². The molecular weight excluding hydrogens is 190 g/mol. The normalized spacial score (nSPS) is 23.2. The quantitative estimate of drug-likeness (QED) is 0.829. The molecule has 0 bridgehead atoms. The molecule has 1 aromatic rings. The summed E-state index contributed by atoms with van der Waals surface area (Å²) in [6.07, 6.45) is 6.62. The molecule has 1 aliphatic rings. The molecule has 0 spiro atoms. The van der Waals surface area contributed by atoms with E-state index in [-0.39, 0.29) is 6.04 Å². The summed E-state index contributed by atoms with van der Waals surface area (Å²) in [7, 11) is 0. The van der Waals surface area contributed by atoms with Gasteiger partial charge in [0.15, 0.2) is 0 Å². The third-order valence-electron chi connectivity index (χ3n) is 3.00. The SMILES string of the molecule is Cc1cc(C(N)CCC2CCCO2)co1. The van der Waals surface area contributed by atoms with Crippen LogP contribution in [0.2, 0.25) is 0 Å². The van der Waals surface area contributed by atoms with Gasteiger partial charge in [-0.15, -0.1) is 0 Å². The highest BCUT2D eigenvalue weighted by molar-refractivity contribution is 5.15. The maximum absolute atomic E-state index is 6.07. The van der Waals surface area contributed by atoms with Gasteiger partial charge in [0.2, 0.25) is 0 Å². The molecule has 3 heteroatoms. The molecule has 15 heavy (non-hydrogen) atoms. The van der Waals surface area contributed by atoms with Gasteiger partial charge in [-0.2, -0.15) is 0 Å². The first-order chi connectivity index (χ1) is 7.25. The first-order valence-corrected chi connectivity index (χ1v) is 5.68. The second-order valence-electron chi connectivity index (χ2n) is 4.31. The van der Waals surface area contributed by atoms with Crippen LogP contribution in [0.15, 0.2) is 16.7 Å². The van der Waals surface area contributed by atoms with E-state index >= 15 is 0 Å². The lowest BCUT2D eigenvalue weighted by Crippen LogP contribution is -2.13. The molecule has 2 atom stereocenters. The van der Waals surface area contributed by atoms with E-state index in [9.17, 15) is 0 Å². The lowest BCUT2D eigenvalue weighted by atomic mass is 10.0. The molecule has 1 saturated heterocycles. The van der Waals surface area contributed by atoms with Crippen molar-refractivity contribution in [3.05, 3.63) is 23.7 Å². The van der Waals surface area contributed by atoms with Gasteiger partial charge >= 0.3 is 0 Å². The highest BCUT2D eigenvalue weighted by Gasteiger charge is 2.17. The molecule has 2 heterocycles. The molecule has 84 valence electrons. The zero-order valence-corrected chi connectivity index (χ0v) is 9.24. The van der Waals surface area contributed by atoms with E-state index in [0.717, 1.165) is 30.8 Å². The average Bonchev–Trinajstić information content (AvgIpc) is 2.84. The van der Waals surface area contributed by atoms with Gasteiger partial charge < -0.3 is 14.9 Å². The van der Waals surface area contributed by atoms with Crippen molar-refractivity contribution >= 4 is 0 Å². The van der Waals surface area contributed by atoms with Crippen LogP contribution in [-0.4, -0.2) is 12.7 Å². The van der Waals surface area contributed by atoms with Crippen LogP contribution in [-0.2, 0) is 4.74 Å². The fourth-order valence-corrected chi connectivity index (χ4v) is 2.06. The standard InChI is InChI=1S/C12H19NO2/c1-9-7-10(8-15-9)12(13)5-4-11-3-2-6-14-11/h7-8,11-12H,2-6,13H2,1H3. The summed E-state index contributed by atoms with van der Waals surface area (Å²) in [5, 5.41) is 0. The number of aryl methyl sites for hydroxylation is 1. The molecule has 1 aromatic heterocycles. The maximum atomic E-state index is 6.07.